The van der Waals surface area contributed by atoms with Gasteiger partial charge in [-0.3, -0.25) is 4.79 Å². The van der Waals surface area contributed by atoms with Crippen molar-refractivity contribution in [1.82, 2.24) is 9.29 Å². The van der Waals surface area contributed by atoms with E-state index in [0.717, 1.165) is 47.7 Å². The normalized spacial score (nSPS) is 14.7. The first-order valence-electron chi connectivity index (χ1n) is 11.6. The van der Waals surface area contributed by atoms with E-state index in [4.69, 9.17) is 4.74 Å². The van der Waals surface area contributed by atoms with Gasteiger partial charge in [-0.25, -0.2) is 13.2 Å². The Labute approximate surface area is 199 Å². The molecule has 34 heavy (non-hydrogen) atoms. The summed E-state index contributed by atoms with van der Waals surface area (Å²) in [6.45, 7) is 5.95. The zero-order valence-electron chi connectivity index (χ0n) is 19.8. The van der Waals surface area contributed by atoms with Crippen LogP contribution in [-0.2, 0) is 21.3 Å². The smallest absolute Gasteiger partial charge is 0.338 e. The molecule has 0 bridgehead atoms. The van der Waals surface area contributed by atoms with Gasteiger partial charge in [0.25, 0.3) is 5.56 Å². The lowest BCUT2D eigenvalue weighted by atomic mass is 10.0. The topological polar surface area (TPSA) is 96.5 Å². The summed E-state index contributed by atoms with van der Waals surface area (Å²) in [7, 11) is -3.89. The number of hydrogen-bond donors (Lipinski definition) is 1. The number of nitrogens with zero attached hydrogens (tertiary/aromatic N) is 1. The highest BCUT2D eigenvalue weighted by molar-refractivity contribution is 7.89. The summed E-state index contributed by atoms with van der Waals surface area (Å²) in [4.78, 5) is 27.9. The number of aryl methyl sites for hydroxylation is 2. The molecule has 4 rings (SSSR count). The Hall–Kier alpha value is -2.97. The van der Waals surface area contributed by atoms with Gasteiger partial charge in [0, 0.05) is 23.7 Å². The van der Waals surface area contributed by atoms with E-state index in [1.165, 1.54) is 28.6 Å². The highest BCUT2D eigenvalue weighted by Crippen LogP contribution is 2.30. The molecule has 3 aromatic rings. The minimum absolute atomic E-state index is 0.00910. The summed E-state index contributed by atoms with van der Waals surface area (Å²) in [5, 5.41) is 0.875. The molecule has 0 unspecified atom stereocenters. The summed E-state index contributed by atoms with van der Waals surface area (Å²) in [5.74, 6) is -0.493. The van der Waals surface area contributed by atoms with Gasteiger partial charge in [-0.05, 0) is 92.6 Å². The molecule has 1 aliphatic rings. The highest BCUT2D eigenvalue weighted by Gasteiger charge is 2.34. The number of rotatable bonds is 7. The molecule has 180 valence electrons. The van der Waals surface area contributed by atoms with Gasteiger partial charge in [-0.1, -0.05) is 12.8 Å². The van der Waals surface area contributed by atoms with E-state index in [1.54, 1.807) is 13.0 Å². The molecule has 0 saturated heterocycles. The van der Waals surface area contributed by atoms with Crippen LogP contribution in [0.15, 0.2) is 52.2 Å². The molecule has 8 heteroatoms. The Morgan fingerprint density at radius 1 is 1.06 bits per heavy atom. The molecule has 0 amide bonds. The maximum absolute atomic E-state index is 13.7. The first-order chi connectivity index (χ1) is 16.2. The molecule has 7 nitrogen and oxygen atoms in total. The molecule has 0 aliphatic heterocycles. The average Bonchev–Trinajstić information content (AvgIpc) is 3.33. The number of pyridine rings is 1. The van der Waals surface area contributed by atoms with Crippen molar-refractivity contribution in [3.63, 3.8) is 0 Å². The maximum atomic E-state index is 13.7. The summed E-state index contributed by atoms with van der Waals surface area (Å²) in [6, 6.07) is 11.4. The van der Waals surface area contributed by atoms with Crippen molar-refractivity contribution in [2.75, 3.05) is 6.61 Å². The molecule has 1 fully saturated rings. The van der Waals surface area contributed by atoms with E-state index in [0.29, 0.717) is 11.1 Å². The number of aromatic nitrogens is 1. The van der Waals surface area contributed by atoms with Crippen LogP contribution >= 0.6 is 0 Å². The van der Waals surface area contributed by atoms with Crippen LogP contribution in [0.2, 0.25) is 0 Å². The van der Waals surface area contributed by atoms with Crippen molar-refractivity contribution in [3.05, 3.63) is 75.1 Å². The van der Waals surface area contributed by atoms with E-state index < -0.39 is 16.0 Å². The summed E-state index contributed by atoms with van der Waals surface area (Å²) in [5.41, 5.74) is 3.34. The van der Waals surface area contributed by atoms with Gasteiger partial charge < -0.3 is 9.72 Å². The molecule has 1 saturated carbocycles. The second kappa shape index (κ2) is 9.72. The minimum atomic E-state index is -3.89. The number of hydrogen-bond acceptors (Lipinski definition) is 5. The number of carbonyl (C=O) groups excluding carboxylic acids is 1. The zero-order valence-corrected chi connectivity index (χ0v) is 20.6. The van der Waals surface area contributed by atoms with Gasteiger partial charge in [-0.2, -0.15) is 4.31 Å². The van der Waals surface area contributed by atoms with Crippen LogP contribution in [0.4, 0.5) is 0 Å². The monoisotopic (exact) mass is 482 g/mol. The van der Waals surface area contributed by atoms with Gasteiger partial charge in [-0.15, -0.1) is 0 Å². The fraction of sp³-hybridized carbons (Fsp3) is 0.385. The van der Waals surface area contributed by atoms with Crippen LogP contribution in [-0.4, -0.2) is 36.3 Å². The third-order valence-electron chi connectivity index (χ3n) is 6.57. The van der Waals surface area contributed by atoms with Crippen molar-refractivity contribution in [3.8, 4) is 0 Å². The molecule has 0 radical (unpaired) electrons. The third kappa shape index (κ3) is 4.79. The van der Waals surface area contributed by atoms with E-state index >= 15 is 0 Å². The number of carbonyl (C=O) groups is 1. The molecule has 1 N–H and O–H groups in total. The van der Waals surface area contributed by atoms with Crippen LogP contribution in [0.3, 0.4) is 0 Å². The molecule has 1 aliphatic carbocycles. The lowest BCUT2D eigenvalue weighted by molar-refractivity contribution is 0.0526. The van der Waals surface area contributed by atoms with Crippen LogP contribution in [0, 0.1) is 13.8 Å². The van der Waals surface area contributed by atoms with Crippen LogP contribution in [0.5, 0.6) is 0 Å². The fourth-order valence-corrected chi connectivity index (χ4v) is 6.19. The Balaban J connectivity index is 1.71. The second-order valence-corrected chi connectivity index (χ2v) is 10.8. The van der Waals surface area contributed by atoms with E-state index in [-0.39, 0.29) is 29.6 Å². The van der Waals surface area contributed by atoms with E-state index in [9.17, 15) is 18.0 Å². The van der Waals surface area contributed by atoms with Gasteiger partial charge in [0.05, 0.1) is 17.1 Å². The first kappa shape index (κ1) is 24.2. The molecule has 1 heterocycles. The number of nitrogens with one attached hydrogen (secondary N) is 1. The number of benzene rings is 2. The molecular weight excluding hydrogens is 452 g/mol. The number of aromatic amines is 1. The van der Waals surface area contributed by atoms with Crippen molar-refractivity contribution >= 4 is 26.9 Å². The SMILES string of the molecule is CCOC(=O)c1ccc(S(=O)(=O)N(Cc2cc3cc(C)c(C)cc3[nH]c2=O)C2CCCC2)cc1. The van der Waals surface area contributed by atoms with E-state index in [1.807, 2.05) is 26.0 Å². The lowest BCUT2D eigenvalue weighted by Crippen LogP contribution is -2.39. The first-order valence-corrected chi connectivity index (χ1v) is 13.1. The summed E-state index contributed by atoms with van der Waals surface area (Å²) < 4.78 is 33.8. The van der Waals surface area contributed by atoms with Crippen LogP contribution in [0.1, 0.15) is 59.7 Å². The lowest BCUT2D eigenvalue weighted by Gasteiger charge is -2.28. The van der Waals surface area contributed by atoms with Crippen molar-refractivity contribution in [1.29, 1.82) is 0 Å². The predicted molar refractivity (Wildman–Crippen MR) is 131 cm³/mol. The quantitative estimate of drug-likeness (QED) is 0.502. The number of sulfonamides is 1. The van der Waals surface area contributed by atoms with Crippen LogP contribution < -0.4 is 5.56 Å². The average molecular weight is 483 g/mol. The molecule has 0 atom stereocenters. The standard InChI is InChI=1S/C26H30N2O5S/c1-4-33-26(30)19-9-11-23(12-10-19)34(31,32)28(22-7-5-6-8-22)16-21-15-20-13-17(2)18(3)14-24(20)27-25(21)29/h9-15,22H,4-8,16H2,1-3H3,(H,27,29). The van der Waals surface area contributed by atoms with Crippen molar-refractivity contribution in [2.45, 2.75) is 63.9 Å². The molecule has 0 spiro atoms. The Kier molecular flexibility index (Phi) is 6.91. The maximum Gasteiger partial charge on any atom is 0.338 e. The highest BCUT2D eigenvalue weighted by atomic mass is 32.2. The summed E-state index contributed by atoms with van der Waals surface area (Å²) >= 11 is 0. The predicted octanol–water partition coefficient (Wildman–Crippen LogP) is 4.46. The number of H-pyrrole nitrogens is 1. The Morgan fingerprint density at radius 2 is 1.71 bits per heavy atom. The molecular formula is C26H30N2O5S. The molecule has 1 aromatic heterocycles. The van der Waals surface area contributed by atoms with E-state index in [2.05, 4.69) is 4.98 Å². The Bertz CT molecular complexity index is 1370. The van der Waals surface area contributed by atoms with Gasteiger partial charge in [0.1, 0.15) is 0 Å². The van der Waals surface area contributed by atoms with Gasteiger partial charge in [0.15, 0.2) is 0 Å². The third-order valence-corrected chi connectivity index (χ3v) is 8.48. The largest absolute Gasteiger partial charge is 0.462 e. The Morgan fingerprint density at radius 3 is 2.35 bits per heavy atom. The number of ether oxygens (including phenoxy) is 1. The zero-order chi connectivity index (χ0) is 24.5. The van der Waals surface area contributed by atoms with Crippen LogP contribution in [0.25, 0.3) is 10.9 Å². The van der Waals surface area contributed by atoms with Crippen molar-refractivity contribution < 1.29 is 17.9 Å². The second-order valence-electron chi connectivity index (χ2n) is 8.88. The number of esters is 1. The van der Waals surface area contributed by atoms with Crippen molar-refractivity contribution in [2.24, 2.45) is 0 Å². The fourth-order valence-electron chi connectivity index (χ4n) is 4.52. The minimum Gasteiger partial charge on any atom is -0.462 e. The number of fused-ring (bicyclic) bond motifs is 1. The summed E-state index contributed by atoms with van der Waals surface area (Å²) in [6.07, 6.45) is 3.41. The van der Waals surface area contributed by atoms with Gasteiger partial charge >= 0.3 is 5.97 Å². The van der Waals surface area contributed by atoms with Gasteiger partial charge in [0.2, 0.25) is 10.0 Å². The molecule has 2 aromatic carbocycles.